The highest BCUT2D eigenvalue weighted by Gasteiger charge is 2.47. The predicted molar refractivity (Wildman–Crippen MR) is 74.9 cm³/mol. The molecule has 0 aromatic heterocycles. The molecule has 3 heterocycles. The van der Waals surface area contributed by atoms with E-state index in [0.717, 1.165) is 37.4 Å². The van der Waals surface area contributed by atoms with Crippen molar-refractivity contribution in [1.82, 2.24) is 0 Å². The first-order valence-corrected chi connectivity index (χ1v) is 9.05. The molecule has 0 radical (unpaired) electrons. The second-order valence-electron chi connectivity index (χ2n) is 5.74. The third kappa shape index (κ3) is 2.51. The molecule has 0 aliphatic carbocycles. The standard InChI is InChI=1S/C13H22O2S2/c14-13(4-8-17-10-13)11-1-5-15-12(9-11)2-6-16-7-3-12/h11,14H,1-10H2. The first-order valence-electron chi connectivity index (χ1n) is 6.74. The van der Waals surface area contributed by atoms with E-state index in [-0.39, 0.29) is 11.2 Å². The quantitative estimate of drug-likeness (QED) is 0.796. The fourth-order valence-corrected chi connectivity index (χ4v) is 6.08. The number of aliphatic hydroxyl groups is 1. The zero-order valence-electron chi connectivity index (χ0n) is 10.3. The van der Waals surface area contributed by atoms with Crippen molar-refractivity contribution in [2.75, 3.05) is 29.6 Å². The lowest BCUT2D eigenvalue weighted by molar-refractivity contribution is -0.139. The zero-order chi connectivity index (χ0) is 11.8. The summed E-state index contributed by atoms with van der Waals surface area (Å²) in [5.41, 5.74) is -0.261. The van der Waals surface area contributed by atoms with Crippen molar-refractivity contribution in [2.45, 2.75) is 43.3 Å². The summed E-state index contributed by atoms with van der Waals surface area (Å²) in [7, 11) is 0. The van der Waals surface area contributed by atoms with E-state index in [0.29, 0.717) is 5.92 Å². The summed E-state index contributed by atoms with van der Waals surface area (Å²) >= 11 is 3.96. The van der Waals surface area contributed by atoms with Crippen molar-refractivity contribution >= 4 is 23.5 Å². The van der Waals surface area contributed by atoms with Gasteiger partial charge in [-0.3, -0.25) is 0 Å². The van der Waals surface area contributed by atoms with E-state index in [4.69, 9.17) is 4.74 Å². The van der Waals surface area contributed by atoms with Crippen LogP contribution >= 0.6 is 23.5 Å². The van der Waals surface area contributed by atoms with Crippen LogP contribution in [0.15, 0.2) is 0 Å². The molecule has 0 saturated carbocycles. The van der Waals surface area contributed by atoms with Crippen molar-refractivity contribution < 1.29 is 9.84 Å². The van der Waals surface area contributed by atoms with Crippen LogP contribution in [0.1, 0.15) is 32.1 Å². The molecular formula is C13H22O2S2. The Balaban J connectivity index is 1.70. The van der Waals surface area contributed by atoms with Crippen molar-refractivity contribution in [3.05, 3.63) is 0 Å². The van der Waals surface area contributed by atoms with Gasteiger partial charge in [0.05, 0.1) is 11.2 Å². The van der Waals surface area contributed by atoms with E-state index in [1.54, 1.807) is 0 Å². The summed E-state index contributed by atoms with van der Waals surface area (Å²) in [6.07, 6.45) is 5.54. The molecule has 98 valence electrons. The summed E-state index contributed by atoms with van der Waals surface area (Å²) < 4.78 is 6.11. The largest absolute Gasteiger partial charge is 0.389 e. The van der Waals surface area contributed by atoms with Gasteiger partial charge in [0.2, 0.25) is 0 Å². The van der Waals surface area contributed by atoms with E-state index in [1.165, 1.54) is 24.3 Å². The Bertz CT molecular complexity index is 265. The van der Waals surface area contributed by atoms with Crippen LogP contribution in [0.25, 0.3) is 0 Å². The van der Waals surface area contributed by atoms with E-state index >= 15 is 0 Å². The minimum Gasteiger partial charge on any atom is -0.389 e. The van der Waals surface area contributed by atoms with Gasteiger partial charge in [-0.25, -0.2) is 0 Å². The number of hydrogen-bond acceptors (Lipinski definition) is 4. The van der Waals surface area contributed by atoms with Gasteiger partial charge in [0.25, 0.3) is 0 Å². The summed E-state index contributed by atoms with van der Waals surface area (Å²) in [5.74, 6) is 5.04. The minimum atomic E-state index is -0.383. The zero-order valence-corrected chi connectivity index (χ0v) is 12.0. The molecule has 3 saturated heterocycles. The average Bonchev–Trinajstić information content (AvgIpc) is 2.79. The predicted octanol–water partition coefficient (Wildman–Crippen LogP) is 2.55. The Morgan fingerprint density at radius 3 is 2.53 bits per heavy atom. The lowest BCUT2D eigenvalue weighted by Crippen LogP contribution is -2.50. The van der Waals surface area contributed by atoms with Crippen LogP contribution in [-0.2, 0) is 4.74 Å². The van der Waals surface area contributed by atoms with Crippen molar-refractivity contribution in [3.63, 3.8) is 0 Å². The second kappa shape index (κ2) is 4.95. The molecule has 1 spiro atoms. The summed E-state index contributed by atoms with van der Waals surface area (Å²) in [4.78, 5) is 0. The third-order valence-electron chi connectivity index (χ3n) is 4.69. The topological polar surface area (TPSA) is 29.5 Å². The Morgan fingerprint density at radius 1 is 1.06 bits per heavy atom. The molecule has 2 nitrogen and oxygen atoms in total. The average molecular weight is 274 g/mol. The summed E-state index contributed by atoms with van der Waals surface area (Å²) in [6, 6.07) is 0. The van der Waals surface area contributed by atoms with Gasteiger partial charge in [-0.2, -0.15) is 23.5 Å². The maximum Gasteiger partial charge on any atom is 0.0775 e. The van der Waals surface area contributed by atoms with Gasteiger partial charge in [-0.1, -0.05) is 0 Å². The first kappa shape index (κ1) is 12.6. The monoisotopic (exact) mass is 274 g/mol. The van der Waals surface area contributed by atoms with Crippen LogP contribution < -0.4 is 0 Å². The van der Waals surface area contributed by atoms with Gasteiger partial charge in [0, 0.05) is 12.4 Å². The Morgan fingerprint density at radius 2 is 1.82 bits per heavy atom. The van der Waals surface area contributed by atoms with Crippen molar-refractivity contribution in [3.8, 4) is 0 Å². The Hall–Kier alpha value is 0.620. The molecule has 17 heavy (non-hydrogen) atoms. The smallest absolute Gasteiger partial charge is 0.0775 e. The molecule has 4 heteroatoms. The normalized spacial score (nSPS) is 41.8. The van der Waals surface area contributed by atoms with Gasteiger partial charge in [0.15, 0.2) is 0 Å². The lowest BCUT2D eigenvalue weighted by atomic mass is 9.73. The van der Waals surface area contributed by atoms with Gasteiger partial charge in [-0.15, -0.1) is 0 Å². The first-order chi connectivity index (χ1) is 8.23. The highest BCUT2D eigenvalue weighted by molar-refractivity contribution is 7.99. The van der Waals surface area contributed by atoms with E-state index in [1.807, 2.05) is 23.5 Å². The molecule has 1 N–H and O–H groups in total. The number of hydrogen-bond donors (Lipinski definition) is 1. The van der Waals surface area contributed by atoms with Crippen LogP contribution in [0.5, 0.6) is 0 Å². The second-order valence-corrected chi connectivity index (χ2v) is 8.07. The molecule has 0 aromatic rings. The molecule has 3 aliphatic heterocycles. The minimum absolute atomic E-state index is 0.122. The Kier molecular flexibility index (Phi) is 3.68. The van der Waals surface area contributed by atoms with Crippen LogP contribution in [0.3, 0.4) is 0 Å². The molecule has 2 unspecified atom stereocenters. The van der Waals surface area contributed by atoms with E-state index in [9.17, 15) is 5.11 Å². The van der Waals surface area contributed by atoms with Crippen molar-refractivity contribution in [2.24, 2.45) is 5.92 Å². The molecule has 0 bridgehead atoms. The SMILES string of the molecule is OC1(C2CCOC3(CCSCC3)C2)CCSC1. The number of ether oxygens (including phenoxy) is 1. The van der Waals surface area contributed by atoms with E-state index in [2.05, 4.69) is 0 Å². The summed E-state index contributed by atoms with van der Waals surface area (Å²) in [6.45, 7) is 0.863. The van der Waals surface area contributed by atoms with Gasteiger partial charge < -0.3 is 9.84 Å². The molecule has 3 rings (SSSR count). The third-order valence-corrected chi connectivity index (χ3v) is 6.87. The number of thioether (sulfide) groups is 2. The highest BCUT2D eigenvalue weighted by atomic mass is 32.2. The molecule has 3 aliphatic rings. The lowest BCUT2D eigenvalue weighted by Gasteiger charge is -2.47. The van der Waals surface area contributed by atoms with E-state index < -0.39 is 0 Å². The Labute approximate surface area is 112 Å². The van der Waals surface area contributed by atoms with Crippen LogP contribution in [0.4, 0.5) is 0 Å². The van der Waals surface area contributed by atoms with Crippen LogP contribution in [0.2, 0.25) is 0 Å². The molecule has 0 aromatic carbocycles. The molecular weight excluding hydrogens is 252 g/mol. The fraction of sp³-hybridized carbons (Fsp3) is 1.00. The van der Waals surface area contributed by atoms with Crippen LogP contribution in [-0.4, -0.2) is 45.9 Å². The van der Waals surface area contributed by atoms with Crippen molar-refractivity contribution in [1.29, 1.82) is 0 Å². The van der Waals surface area contributed by atoms with Gasteiger partial charge in [0.1, 0.15) is 0 Å². The molecule has 0 amide bonds. The fourth-order valence-electron chi connectivity index (χ4n) is 3.47. The maximum absolute atomic E-state index is 10.7. The van der Waals surface area contributed by atoms with Gasteiger partial charge >= 0.3 is 0 Å². The summed E-state index contributed by atoms with van der Waals surface area (Å²) in [5, 5.41) is 10.7. The van der Waals surface area contributed by atoms with Crippen LogP contribution in [0, 0.1) is 5.92 Å². The molecule has 2 atom stereocenters. The highest BCUT2D eigenvalue weighted by Crippen LogP contribution is 2.46. The maximum atomic E-state index is 10.7. The number of rotatable bonds is 1. The molecule has 3 fully saturated rings. The van der Waals surface area contributed by atoms with Gasteiger partial charge in [-0.05, 0) is 55.3 Å².